The molecule has 2 aromatic heterocycles. The molecule has 0 amide bonds. The van der Waals surface area contributed by atoms with E-state index in [9.17, 15) is 4.39 Å². The average Bonchev–Trinajstić information content (AvgIpc) is 2.62. The van der Waals surface area contributed by atoms with E-state index in [1.807, 2.05) is 25.3 Å². The van der Waals surface area contributed by atoms with Crippen molar-refractivity contribution in [2.75, 3.05) is 5.73 Å². The maximum atomic E-state index is 13.2. The van der Waals surface area contributed by atoms with Gasteiger partial charge < -0.3 is 10.3 Å². The molecule has 4 nitrogen and oxygen atoms in total. The van der Waals surface area contributed by atoms with Crippen molar-refractivity contribution >= 4 is 5.82 Å². The van der Waals surface area contributed by atoms with Crippen molar-refractivity contribution in [1.82, 2.24) is 14.5 Å². The lowest BCUT2D eigenvalue weighted by Gasteiger charge is -2.17. The second kappa shape index (κ2) is 4.16. The third kappa shape index (κ3) is 2.00. The van der Waals surface area contributed by atoms with E-state index < -0.39 is 0 Å². The molecule has 0 saturated heterocycles. The van der Waals surface area contributed by atoms with Crippen LogP contribution in [0.5, 0.6) is 0 Å². The molecule has 2 heterocycles. The zero-order chi connectivity index (χ0) is 12.6. The molecule has 0 aliphatic rings. The molecule has 0 aromatic carbocycles. The number of anilines is 1. The van der Waals surface area contributed by atoms with Crippen molar-refractivity contribution in [1.29, 1.82) is 0 Å². The molecule has 1 atom stereocenters. The summed E-state index contributed by atoms with van der Waals surface area (Å²) >= 11 is 0. The number of imidazole rings is 1. The summed E-state index contributed by atoms with van der Waals surface area (Å²) in [5.74, 6) is -0.0276. The fourth-order valence-electron chi connectivity index (χ4n) is 1.86. The van der Waals surface area contributed by atoms with Gasteiger partial charge in [-0.25, -0.2) is 14.4 Å². The van der Waals surface area contributed by atoms with E-state index in [2.05, 4.69) is 9.97 Å². The Morgan fingerprint density at radius 3 is 2.65 bits per heavy atom. The SMILES string of the molecule is Cc1ncn(C(C)c2cc(F)cnc2N)c1C. The minimum absolute atomic E-state index is 0.0839. The first-order valence-electron chi connectivity index (χ1n) is 5.41. The zero-order valence-electron chi connectivity index (χ0n) is 10.1. The Kier molecular flexibility index (Phi) is 2.83. The van der Waals surface area contributed by atoms with Crippen LogP contribution in [0.25, 0.3) is 0 Å². The number of nitrogens with zero attached hydrogens (tertiary/aromatic N) is 3. The van der Waals surface area contributed by atoms with Crippen molar-refractivity contribution in [2.24, 2.45) is 0 Å². The van der Waals surface area contributed by atoms with Crippen molar-refractivity contribution in [3.8, 4) is 0 Å². The van der Waals surface area contributed by atoms with Crippen LogP contribution in [0.3, 0.4) is 0 Å². The molecular formula is C12H15FN4. The summed E-state index contributed by atoms with van der Waals surface area (Å²) in [6, 6.07) is 1.33. The van der Waals surface area contributed by atoms with Crippen LogP contribution in [0.1, 0.15) is 29.9 Å². The first kappa shape index (κ1) is 11.6. The third-order valence-electron chi connectivity index (χ3n) is 3.07. The highest BCUT2D eigenvalue weighted by Crippen LogP contribution is 2.24. The summed E-state index contributed by atoms with van der Waals surface area (Å²) in [4.78, 5) is 8.05. The molecule has 0 spiro atoms. The lowest BCUT2D eigenvalue weighted by molar-refractivity contribution is 0.592. The molecule has 2 aromatic rings. The van der Waals surface area contributed by atoms with E-state index in [-0.39, 0.29) is 11.9 Å². The molecule has 0 aliphatic carbocycles. The van der Waals surface area contributed by atoms with Crippen LogP contribution in [0.2, 0.25) is 0 Å². The number of nitrogen functional groups attached to an aromatic ring is 1. The third-order valence-corrected chi connectivity index (χ3v) is 3.07. The Morgan fingerprint density at radius 2 is 2.06 bits per heavy atom. The molecule has 0 aliphatic heterocycles. The van der Waals surface area contributed by atoms with Crippen LogP contribution in [-0.2, 0) is 0 Å². The molecular weight excluding hydrogens is 219 g/mol. The van der Waals surface area contributed by atoms with E-state index in [0.29, 0.717) is 11.4 Å². The van der Waals surface area contributed by atoms with Crippen LogP contribution in [-0.4, -0.2) is 14.5 Å². The van der Waals surface area contributed by atoms with Gasteiger partial charge in [0.1, 0.15) is 11.6 Å². The number of nitrogens with two attached hydrogens (primary N) is 1. The fourth-order valence-corrected chi connectivity index (χ4v) is 1.86. The number of hydrogen-bond acceptors (Lipinski definition) is 3. The molecule has 90 valence electrons. The Labute approximate surface area is 99.3 Å². The highest BCUT2D eigenvalue weighted by Gasteiger charge is 2.15. The van der Waals surface area contributed by atoms with E-state index in [1.165, 1.54) is 6.07 Å². The molecule has 1 unspecified atom stereocenters. The van der Waals surface area contributed by atoms with Crippen LogP contribution in [0.4, 0.5) is 10.2 Å². The van der Waals surface area contributed by atoms with E-state index in [0.717, 1.165) is 17.6 Å². The first-order chi connectivity index (χ1) is 8.00. The predicted molar refractivity (Wildman–Crippen MR) is 64.1 cm³/mol. The number of halogens is 1. The average molecular weight is 234 g/mol. The number of pyridine rings is 1. The van der Waals surface area contributed by atoms with E-state index in [4.69, 9.17) is 5.73 Å². The summed E-state index contributed by atoms with van der Waals surface area (Å²) in [5.41, 5.74) is 8.45. The summed E-state index contributed by atoms with van der Waals surface area (Å²) in [6.07, 6.45) is 2.86. The van der Waals surface area contributed by atoms with Gasteiger partial charge in [-0.3, -0.25) is 0 Å². The van der Waals surface area contributed by atoms with Gasteiger partial charge in [0.2, 0.25) is 0 Å². The van der Waals surface area contributed by atoms with E-state index in [1.54, 1.807) is 6.33 Å². The van der Waals surface area contributed by atoms with Gasteiger partial charge in [-0.15, -0.1) is 0 Å². The monoisotopic (exact) mass is 234 g/mol. The smallest absolute Gasteiger partial charge is 0.142 e. The molecule has 17 heavy (non-hydrogen) atoms. The second-order valence-electron chi connectivity index (χ2n) is 4.13. The number of rotatable bonds is 2. The topological polar surface area (TPSA) is 56.7 Å². The van der Waals surface area contributed by atoms with Gasteiger partial charge in [0, 0.05) is 11.3 Å². The maximum absolute atomic E-state index is 13.2. The second-order valence-corrected chi connectivity index (χ2v) is 4.13. The molecule has 5 heteroatoms. The van der Waals surface area contributed by atoms with Crippen LogP contribution in [0, 0.1) is 19.7 Å². The van der Waals surface area contributed by atoms with Crippen molar-refractivity contribution in [3.05, 3.63) is 41.4 Å². The number of hydrogen-bond donors (Lipinski definition) is 1. The predicted octanol–water partition coefficient (Wildman–Crippen LogP) is 2.23. The van der Waals surface area contributed by atoms with Gasteiger partial charge in [-0.05, 0) is 26.8 Å². The highest BCUT2D eigenvalue weighted by atomic mass is 19.1. The van der Waals surface area contributed by atoms with Crippen LogP contribution in [0.15, 0.2) is 18.6 Å². The molecule has 0 saturated carbocycles. The van der Waals surface area contributed by atoms with Crippen LogP contribution < -0.4 is 5.73 Å². The van der Waals surface area contributed by atoms with E-state index >= 15 is 0 Å². The standard InChI is InChI=1S/C12H15FN4/c1-7-8(2)17(6-16-7)9(3)11-4-10(13)5-15-12(11)14/h4-6,9H,1-3H3,(H2,14,15). The Hall–Kier alpha value is -1.91. The molecule has 2 rings (SSSR count). The lowest BCUT2D eigenvalue weighted by atomic mass is 10.1. The lowest BCUT2D eigenvalue weighted by Crippen LogP contribution is -2.11. The zero-order valence-corrected chi connectivity index (χ0v) is 10.1. The first-order valence-corrected chi connectivity index (χ1v) is 5.41. The number of aromatic nitrogens is 3. The summed E-state index contributed by atoms with van der Waals surface area (Å²) in [7, 11) is 0. The molecule has 0 fully saturated rings. The van der Waals surface area contributed by atoms with Crippen molar-refractivity contribution in [2.45, 2.75) is 26.8 Å². The Bertz CT molecular complexity index is 547. The van der Waals surface area contributed by atoms with Gasteiger partial charge >= 0.3 is 0 Å². The van der Waals surface area contributed by atoms with Gasteiger partial charge in [0.05, 0.1) is 24.3 Å². The maximum Gasteiger partial charge on any atom is 0.142 e. The normalized spacial score (nSPS) is 12.7. The van der Waals surface area contributed by atoms with Crippen molar-refractivity contribution in [3.63, 3.8) is 0 Å². The van der Waals surface area contributed by atoms with Gasteiger partial charge in [0.25, 0.3) is 0 Å². The van der Waals surface area contributed by atoms with Crippen LogP contribution >= 0.6 is 0 Å². The van der Waals surface area contributed by atoms with Gasteiger partial charge in [-0.2, -0.15) is 0 Å². The quantitative estimate of drug-likeness (QED) is 0.866. The minimum atomic E-state index is -0.379. The molecule has 2 N–H and O–H groups in total. The fraction of sp³-hybridized carbons (Fsp3) is 0.333. The number of aryl methyl sites for hydroxylation is 1. The van der Waals surface area contributed by atoms with Crippen molar-refractivity contribution < 1.29 is 4.39 Å². The Morgan fingerprint density at radius 1 is 1.35 bits per heavy atom. The Balaban J connectivity index is 2.47. The summed E-state index contributed by atoms with van der Waals surface area (Å²) in [6.45, 7) is 5.86. The summed E-state index contributed by atoms with van der Waals surface area (Å²) < 4.78 is 15.1. The largest absolute Gasteiger partial charge is 0.383 e. The molecule has 0 bridgehead atoms. The van der Waals surface area contributed by atoms with Gasteiger partial charge in [0.15, 0.2) is 0 Å². The highest BCUT2D eigenvalue weighted by molar-refractivity contribution is 5.41. The summed E-state index contributed by atoms with van der Waals surface area (Å²) in [5, 5.41) is 0. The molecule has 0 radical (unpaired) electrons. The minimum Gasteiger partial charge on any atom is -0.383 e. The van der Waals surface area contributed by atoms with Gasteiger partial charge in [-0.1, -0.05) is 0 Å².